The van der Waals surface area contributed by atoms with Crippen molar-refractivity contribution in [3.63, 3.8) is 0 Å². The highest BCUT2D eigenvalue weighted by Crippen LogP contribution is 2.27. The summed E-state index contributed by atoms with van der Waals surface area (Å²) >= 11 is 1.46. The summed E-state index contributed by atoms with van der Waals surface area (Å²) in [6.07, 6.45) is 4.83. The van der Waals surface area contributed by atoms with Crippen LogP contribution in [0.3, 0.4) is 0 Å². The van der Waals surface area contributed by atoms with Crippen LogP contribution in [0, 0.1) is 19.8 Å². The summed E-state index contributed by atoms with van der Waals surface area (Å²) in [5.74, 6) is -0.00333. The molecule has 0 unspecified atom stereocenters. The Balaban J connectivity index is 1.93. The maximum absolute atomic E-state index is 12.7. The van der Waals surface area contributed by atoms with Gasteiger partial charge in [-0.2, -0.15) is 0 Å². The molecule has 2 rings (SSSR count). The summed E-state index contributed by atoms with van der Waals surface area (Å²) < 4.78 is 5.36. The van der Waals surface area contributed by atoms with E-state index in [-0.39, 0.29) is 24.3 Å². The zero-order chi connectivity index (χ0) is 18.2. The third-order valence-electron chi connectivity index (χ3n) is 4.55. The molecule has 2 amide bonds. The first-order valence-corrected chi connectivity index (χ1v) is 9.93. The maximum Gasteiger partial charge on any atom is 0.245 e. The Morgan fingerprint density at radius 3 is 2.64 bits per heavy atom. The number of aryl methyl sites for hydroxylation is 2. The Labute approximate surface area is 154 Å². The molecule has 0 bridgehead atoms. The summed E-state index contributed by atoms with van der Waals surface area (Å²) in [5, 5.41) is 3.42. The average Bonchev–Trinajstić information content (AvgIpc) is 3.20. The minimum Gasteiger partial charge on any atom is -0.382 e. The topological polar surface area (TPSA) is 71.5 Å². The van der Waals surface area contributed by atoms with E-state index in [4.69, 9.17) is 4.74 Å². The van der Waals surface area contributed by atoms with E-state index in [0.29, 0.717) is 24.9 Å². The normalized spacial score (nSPS) is 14.7. The van der Waals surface area contributed by atoms with Gasteiger partial charge in [0.15, 0.2) is 5.13 Å². The molecular weight excluding hydrogens is 338 g/mol. The minimum absolute atomic E-state index is 0.0734. The Bertz CT molecular complexity index is 563. The first-order valence-electron chi connectivity index (χ1n) is 9.11. The molecule has 0 atom stereocenters. The van der Waals surface area contributed by atoms with Gasteiger partial charge in [-0.15, -0.1) is 11.3 Å². The van der Waals surface area contributed by atoms with Gasteiger partial charge in [-0.3, -0.25) is 9.59 Å². The van der Waals surface area contributed by atoms with Crippen molar-refractivity contribution in [1.82, 2.24) is 9.88 Å². The summed E-state index contributed by atoms with van der Waals surface area (Å²) in [5.41, 5.74) is 0.927. The largest absolute Gasteiger partial charge is 0.382 e. The number of amides is 2. The lowest BCUT2D eigenvalue weighted by atomic mass is 10.1. The first-order chi connectivity index (χ1) is 12.0. The third-order valence-corrected chi connectivity index (χ3v) is 5.53. The second-order valence-electron chi connectivity index (χ2n) is 6.50. The molecule has 1 aromatic heterocycles. The van der Waals surface area contributed by atoms with Crippen LogP contribution in [0.5, 0.6) is 0 Å². The maximum atomic E-state index is 12.7. The lowest BCUT2D eigenvalue weighted by Crippen LogP contribution is -2.41. The number of carbonyl (C=O) groups is 2. The molecule has 6 nitrogen and oxygen atoms in total. The number of aromatic nitrogens is 1. The molecule has 0 saturated heterocycles. The summed E-state index contributed by atoms with van der Waals surface area (Å²) in [6.45, 7) is 7.76. The van der Waals surface area contributed by atoms with Crippen LogP contribution in [0.4, 0.5) is 5.13 Å². The first kappa shape index (κ1) is 19.8. The molecule has 1 saturated carbocycles. The lowest BCUT2D eigenvalue weighted by molar-refractivity contribution is -0.138. The van der Waals surface area contributed by atoms with Crippen molar-refractivity contribution < 1.29 is 14.3 Å². The number of hydrogen-bond acceptors (Lipinski definition) is 5. The molecule has 0 aromatic carbocycles. The number of hydrogen-bond donors (Lipinski definition) is 1. The molecule has 1 aliphatic carbocycles. The monoisotopic (exact) mass is 367 g/mol. The molecule has 0 aliphatic heterocycles. The quantitative estimate of drug-likeness (QED) is 0.681. The van der Waals surface area contributed by atoms with E-state index in [0.717, 1.165) is 42.7 Å². The molecule has 1 N–H and O–H groups in total. The average molecular weight is 368 g/mol. The van der Waals surface area contributed by atoms with Gasteiger partial charge in [-0.05, 0) is 40.0 Å². The van der Waals surface area contributed by atoms with Gasteiger partial charge in [0, 0.05) is 30.6 Å². The fraction of sp³-hybridized carbons (Fsp3) is 0.722. The van der Waals surface area contributed by atoms with Gasteiger partial charge in [-0.1, -0.05) is 12.8 Å². The highest BCUT2D eigenvalue weighted by atomic mass is 32.1. The van der Waals surface area contributed by atoms with Crippen LogP contribution in [0.1, 0.15) is 49.6 Å². The van der Waals surface area contributed by atoms with E-state index < -0.39 is 0 Å². The summed E-state index contributed by atoms with van der Waals surface area (Å²) in [7, 11) is 0. The number of anilines is 1. The number of thiazole rings is 1. The third kappa shape index (κ3) is 6.08. The van der Waals surface area contributed by atoms with Crippen LogP contribution in [-0.4, -0.2) is 48.0 Å². The van der Waals surface area contributed by atoms with Crippen molar-refractivity contribution in [2.45, 2.75) is 52.9 Å². The van der Waals surface area contributed by atoms with Crippen LogP contribution < -0.4 is 5.32 Å². The zero-order valence-electron chi connectivity index (χ0n) is 15.5. The van der Waals surface area contributed by atoms with Gasteiger partial charge < -0.3 is 15.0 Å². The summed E-state index contributed by atoms with van der Waals surface area (Å²) in [6, 6.07) is 0. The van der Waals surface area contributed by atoms with Crippen molar-refractivity contribution in [1.29, 1.82) is 0 Å². The van der Waals surface area contributed by atoms with Gasteiger partial charge >= 0.3 is 0 Å². The zero-order valence-corrected chi connectivity index (χ0v) is 16.3. The molecule has 1 heterocycles. The molecule has 25 heavy (non-hydrogen) atoms. The van der Waals surface area contributed by atoms with Gasteiger partial charge in [0.2, 0.25) is 11.8 Å². The molecule has 7 heteroatoms. The standard InChI is InChI=1S/C18H29N3O3S/c1-4-24-11-7-10-21(17(23)15-8-5-6-9-15)12-16(22)20-18-19-13(2)14(3)25-18/h15H,4-12H2,1-3H3,(H,19,20,22). The molecule has 1 aromatic rings. The van der Waals surface area contributed by atoms with Crippen molar-refractivity contribution in [2.75, 3.05) is 31.6 Å². The van der Waals surface area contributed by atoms with Gasteiger partial charge in [0.1, 0.15) is 0 Å². The predicted octanol–water partition coefficient (Wildman–Crippen LogP) is 3.14. The molecular formula is C18H29N3O3S. The molecule has 140 valence electrons. The molecule has 1 fully saturated rings. The second kappa shape index (κ2) is 9.87. The van der Waals surface area contributed by atoms with Crippen molar-refractivity contribution >= 4 is 28.3 Å². The Hall–Kier alpha value is -1.47. The lowest BCUT2D eigenvalue weighted by Gasteiger charge is -2.25. The number of rotatable bonds is 9. The van der Waals surface area contributed by atoms with Gasteiger partial charge in [0.05, 0.1) is 12.2 Å². The molecule has 0 spiro atoms. The fourth-order valence-corrected chi connectivity index (χ4v) is 3.89. The number of nitrogens with one attached hydrogen (secondary N) is 1. The Morgan fingerprint density at radius 1 is 1.32 bits per heavy atom. The SMILES string of the molecule is CCOCCCN(CC(=O)Nc1nc(C)c(C)s1)C(=O)C1CCCC1. The van der Waals surface area contributed by atoms with Crippen LogP contribution in [-0.2, 0) is 14.3 Å². The van der Waals surface area contributed by atoms with Gasteiger partial charge in [0.25, 0.3) is 0 Å². The van der Waals surface area contributed by atoms with Gasteiger partial charge in [-0.25, -0.2) is 4.98 Å². The van der Waals surface area contributed by atoms with Crippen LogP contribution >= 0.6 is 11.3 Å². The van der Waals surface area contributed by atoms with Crippen LogP contribution in [0.15, 0.2) is 0 Å². The fourth-order valence-electron chi connectivity index (χ4n) is 3.06. The van der Waals surface area contributed by atoms with Crippen LogP contribution in [0.25, 0.3) is 0 Å². The number of ether oxygens (including phenoxy) is 1. The number of nitrogens with zero attached hydrogens (tertiary/aromatic N) is 2. The van der Waals surface area contributed by atoms with Crippen molar-refractivity contribution in [2.24, 2.45) is 5.92 Å². The van der Waals surface area contributed by atoms with Crippen LogP contribution in [0.2, 0.25) is 0 Å². The Morgan fingerprint density at radius 2 is 2.04 bits per heavy atom. The predicted molar refractivity (Wildman–Crippen MR) is 99.9 cm³/mol. The number of carbonyl (C=O) groups excluding carboxylic acids is 2. The highest BCUT2D eigenvalue weighted by molar-refractivity contribution is 7.15. The Kier molecular flexibility index (Phi) is 7.84. The van der Waals surface area contributed by atoms with E-state index in [1.54, 1.807) is 4.90 Å². The van der Waals surface area contributed by atoms with E-state index in [2.05, 4.69) is 10.3 Å². The smallest absolute Gasteiger partial charge is 0.245 e. The molecule has 1 aliphatic rings. The highest BCUT2D eigenvalue weighted by Gasteiger charge is 2.28. The van der Waals surface area contributed by atoms with Crippen molar-refractivity contribution in [3.8, 4) is 0 Å². The summed E-state index contributed by atoms with van der Waals surface area (Å²) in [4.78, 5) is 32.2. The van der Waals surface area contributed by atoms with E-state index >= 15 is 0 Å². The second-order valence-corrected chi connectivity index (χ2v) is 7.70. The molecule has 0 radical (unpaired) electrons. The van der Waals surface area contributed by atoms with E-state index in [9.17, 15) is 9.59 Å². The minimum atomic E-state index is -0.184. The van der Waals surface area contributed by atoms with E-state index in [1.165, 1.54) is 11.3 Å². The van der Waals surface area contributed by atoms with E-state index in [1.807, 2.05) is 20.8 Å². The van der Waals surface area contributed by atoms with Crippen molar-refractivity contribution in [3.05, 3.63) is 10.6 Å².